The van der Waals surface area contributed by atoms with Crippen LogP contribution in [0.5, 0.6) is 11.5 Å². The van der Waals surface area contributed by atoms with Crippen molar-refractivity contribution in [3.8, 4) is 22.8 Å². The Morgan fingerprint density at radius 1 is 0.895 bits per heavy atom. The smallest absolute Gasteiger partial charge is 0.127 e. The highest BCUT2D eigenvalue weighted by atomic mass is 16.5. The van der Waals surface area contributed by atoms with E-state index in [1.165, 1.54) is 0 Å². The van der Waals surface area contributed by atoms with Crippen LogP contribution in [0, 0.1) is 0 Å². The van der Waals surface area contributed by atoms with Crippen molar-refractivity contribution in [3.63, 3.8) is 0 Å². The van der Waals surface area contributed by atoms with Gasteiger partial charge in [-0.25, -0.2) is 0 Å². The molecule has 0 aliphatic carbocycles. The number of hydrogen-bond acceptors (Lipinski definition) is 3. The minimum absolute atomic E-state index is 0.804. The summed E-state index contributed by atoms with van der Waals surface area (Å²) in [6.45, 7) is 0. The Morgan fingerprint density at radius 2 is 1.58 bits per heavy atom. The second-order valence-corrected chi connectivity index (χ2v) is 4.22. The van der Waals surface area contributed by atoms with E-state index >= 15 is 0 Å². The van der Waals surface area contributed by atoms with Crippen LogP contribution >= 0.6 is 0 Å². The van der Waals surface area contributed by atoms with Gasteiger partial charge in [-0.2, -0.15) is 0 Å². The van der Waals surface area contributed by atoms with Crippen LogP contribution in [0.4, 0.5) is 0 Å². The molecule has 0 spiro atoms. The fraction of sp³-hybridized carbons (Fsp3) is 0.0667. The fourth-order valence-electron chi connectivity index (χ4n) is 1.80. The molecule has 1 aromatic heterocycles. The number of aryl methyl sites for hydroxylation is 1. The highest BCUT2D eigenvalue weighted by molar-refractivity contribution is 5.58. The minimum Gasteiger partial charge on any atom is -0.457 e. The third-order valence-corrected chi connectivity index (χ3v) is 2.73. The van der Waals surface area contributed by atoms with Crippen molar-refractivity contribution in [1.82, 2.24) is 15.0 Å². The van der Waals surface area contributed by atoms with Crippen LogP contribution in [-0.4, -0.2) is 15.0 Å². The second-order valence-electron chi connectivity index (χ2n) is 4.22. The van der Waals surface area contributed by atoms with Crippen molar-refractivity contribution in [3.05, 3.63) is 60.8 Å². The number of rotatable bonds is 3. The number of nitrogens with zero attached hydrogens (tertiary/aromatic N) is 3. The Labute approximate surface area is 111 Å². The monoisotopic (exact) mass is 251 g/mol. The second kappa shape index (κ2) is 4.94. The molecule has 0 saturated heterocycles. The quantitative estimate of drug-likeness (QED) is 0.717. The molecule has 0 aliphatic heterocycles. The molecular formula is C15H13N3O. The van der Waals surface area contributed by atoms with Crippen LogP contribution < -0.4 is 4.74 Å². The van der Waals surface area contributed by atoms with E-state index in [0.717, 1.165) is 22.8 Å². The van der Waals surface area contributed by atoms with Gasteiger partial charge >= 0.3 is 0 Å². The molecule has 0 unspecified atom stereocenters. The van der Waals surface area contributed by atoms with Crippen molar-refractivity contribution in [1.29, 1.82) is 0 Å². The lowest BCUT2D eigenvalue weighted by molar-refractivity contribution is 0.483. The molecule has 4 nitrogen and oxygen atoms in total. The van der Waals surface area contributed by atoms with Gasteiger partial charge in [0.15, 0.2) is 0 Å². The van der Waals surface area contributed by atoms with Gasteiger partial charge in [-0.15, -0.1) is 5.10 Å². The molecule has 0 bridgehead atoms. The SMILES string of the molecule is Cn1cc(-c2ccc(Oc3ccccc3)cc2)nn1. The third-order valence-electron chi connectivity index (χ3n) is 2.73. The fourth-order valence-corrected chi connectivity index (χ4v) is 1.80. The van der Waals surface area contributed by atoms with E-state index in [1.54, 1.807) is 4.68 Å². The summed E-state index contributed by atoms with van der Waals surface area (Å²) in [5.74, 6) is 1.63. The molecule has 1 heterocycles. The summed E-state index contributed by atoms with van der Waals surface area (Å²) >= 11 is 0. The van der Waals surface area contributed by atoms with Crippen LogP contribution in [0.1, 0.15) is 0 Å². The molecule has 0 aliphatic rings. The van der Waals surface area contributed by atoms with E-state index in [4.69, 9.17) is 4.74 Å². The first kappa shape index (κ1) is 11.5. The molecule has 3 rings (SSSR count). The number of ether oxygens (including phenoxy) is 1. The van der Waals surface area contributed by atoms with Crippen molar-refractivity contribution in [2.45, 2.75) is 0 Å². The summed E-state index contributed by atoms with van der Waals surface area (Å²) in [6, 6.07) is 17.5. The lowest BCUT2D eigenvalue weighted by atomic mass is 10.1. The summed E-state index contributed by atoms with van der Waals surface area (Å²) in [7, 11) is 1.85. The van der Waals surface area contributed by atoms with Crippen molar-refractivity contribution < 1.29 is 4.74 Å². The van der Waals surface area contributed by atoms with Gasteiger partial charge in [-0.3, -0.25) is 4.68 Å². The maximum absolute atomic E-state index is 5.73. The van der Waals surface area contributed by atoms with Gasteiger partial charge in [0.1, 0.15) is 17.2 Å². The zero-order valence-corrected chi connectivity index (χ0v) is 10.5. The number of hydrogen-bond donors (Lipinski definition) is 0. The molecule has 3 aromatic rings. The normalized spacial score (nSPS) is 10.4. The van der Waals surface area contributed by atoms with Crippen LogP contribution in [0.2, 0.25) is 0 Å². The maximum Gasteiger partial charge on any atom is 0.127 e. The van der Waals surface area contributed by atoms with Gasteiger partial charge in [0.25, 0.3) is 0 Å². The van der Waals surface area contributed by atoms with E-state index < -0.39 is 0 Å². The first-order chi connectivity index (χ1) is 9.31. The van der Waals surface area contributed by atoms with Gasteiger partial charge in [0, 0.05) is 12.6 Å². The number of benzene rings is 2. The summed E-state index contributed by atoms with van der Waals surface area (Å²) in [6.07, 6.45) is 1.88. The molecule has 0 fully saturated rings. The van der Waals surface area contributed by atoms with E-state index in [9.17, 15) is 0 Å². The molecule has 2 aromatic carbocycles. The van der Waals surface area contributed by atoms with Crippen LogP contribution in [0.25, 0.3) is 11.3 Å². The first-order valence-electron chi connectivity index (χ1n) is 6.01. The lowest BCUT2D eigenvalue weighted by Crippen LogP contribution is -1.85. The lowest BCUT2D eigenvalue weighted by Gasteiger charge is -2.05. The molecule has 0 radical (unpaired) electrons. The number of para-hydroxylation sites is 1. The van der Waals surface area contributed by atoms with Crippen molar-refractivity contribution in [2.24, 2.45) is 7.05 Å². The molecule has 94 valence electrons. The molecule has 4 heteroatoms. The van der Waals surface area contributed by atoms with Crippen molar-refractivity contribution in [2.75, 3.05) is 0 Å². The molecule has 19 heavy (non-hydrogen) atoms. The van der Waals surface area contributed by atoms with Gasteiger partial charge in [-0.05, 0) is 36.4 Å². The molecule has 0 atom stereocenters. The van der Waals surface area contributed by atoms with Crippen LogP contribution in [0.3, 0.4) is 0 Å². The average Bonchev–Trinajstić information content (AvgIpc) is 2.87. The van der Waals surface area contributed by atoms with E-state index in [0.29, 0.717) is 0 Å². The predicted octanol–water partition coefficient (Wildman–Crippen LogP) is 3.27. The Bertz CT molecular complexity index is 659. The highest BCUT2D eigenvalue weighted by Gasteiger charge is 2.03. The Kier molecular flexibility index (Phi) is 2.98. The maximum atomic E-state index is 5.73. The van der Waals surface area contributed by atoms with Gasteiger partial charge < -0.3 is 4.74 Å². The van der Waals surface area contributed by atoms with Crippen LogP contribution in [-0.2, 0) is 7.05 Å². The van der Waals surface area contributed by atoms with Gasteiger partial charge in [0.2, 0.25) is 0 Å². The summed E-state index contributed by atoms with van der Waals surface area (Å²) in [4.78, 5) is 0. The van der Waals surface area contributed by atoms with E-state index in [-0.39, 0.29) is 0 Å². The zero-order chi connectivity index (χ0) is 13.1. The minimum atomic E-state index is 0.804. The summed E-state index contributed by atoms with van der Waals surface area (Å²) in [5, 5.41) is 7.99. The zero-order valence-electron chi connectivity index (χ0n) is 10.5. The molecule has 0 saturated carbocycles. The summed E-state index contributed by atoms with van der Waals surface area (Å²) in [5.41, 5.74) is 1.88. The molecular weight excluding hydrogens is 238 g/mol. The third kappa shape index (κ3) is 2.63. The van der Waals surface area contributed by atoms with Gasteiger partial charge in [0.05, 0.1) is 6.20 Å². The molecule has 0 amide bonds. The first-order valence-corrected chi connectivity index (χ1v) is 6.01. The Hall–Kier alpha value is -2.62. The standard InChI is InChI=1S/C15H13N3O/c1-18-11-15(16-17-18)12-7-9-14(10-8-12)19-13-5-3-2-4-6-13/h2-11H,1H3. The van der Waals surface area contributed by atoms with E-state index in [1.807, 2.05) is 67.8 Å². The average molecular weight is 251 g/mol. The number of aromatic nitrogens is 3. The summed E-state index contributed by atoms with van der Waals surface area (Å²) < 4.78 is 7.42. The predicted molar refractivity (Wildman–Crippen MR) is 73.0 cm³/mol. The highest BCUT2D eigenvalue weighted by Crippen LogP contribution is 2.24. The molecule has 0 N–H and O–H groups in total. The Balaban J connectivity index is 1.79. The van der Waals surface area contributed by atoms with Gasteiger partial charge in [-0.1, -0.05) is 23.4 Å². The van der Waals surface area contributed by atoms with Crippen molar-refractivity contribution >= 4 is 0 Å². The largest absolute Gasteiger partial charge is 0.457 e. The van der Waals surface area contributed by atoms with E-state index in [2.05, 4.69) is 10.3 Å². The topological polar surface area (TPSA) is 39.9 Å². The Morgan fingerprint density at radius 3 is 2.21 bits per heavy atom. The van der Waals surface area contributed by atoms with Crippen LogP contribution in [0.15, 0.2) is 60.8 Å².